The number of benzene rings is 1. The standard InChI is InChI=1S/C22H24N6O4S/c29-22(27-15-13-26(14-16-27)19-5-1-2-10-23-19)21-25-24-20(32-21)17-6-8-18(9-7-17)33(30,31)28-11-3-4-12-28/h1-2,5-10H,3-4,11-16H2. The van der Waals surface area contributed by atoms with Crippen molar-refractivity contribution in [3.8, 4) is 11.5 Å². The number of pyridine rings is 1. The van der Waals surface area contributed by atoms with Gasteiger partial charge in [-0.3, -0.25) is 4.79 Å². The molecule has 2 aromatic heterocycles. The molecule has 1 aromatic carbocycles. The fourth-order valence-electron chi connectivity index (χ4n) is 4.09. The summed E-state index contributed by atoms with van der Waals surface area (Å²) >= 11 is 0. The van der Waals surface area contributed by atoms with Crippen LogP contribution in [0, 0.1) is 0 Å². The molecule has 2 fully saturated rings. The first-order chi connectivity index (χ1) is 16.0. The van der Waals surface area contributed by atoms with Gasteiger partial charge in [0, 0.05) is 51.0 Å². The van der Waals surface area contributed by atoms with Crippen molar-refractivity contribution in [2.75, 3.05) is 44.2 Å². The van der Waals surface area contributed by atoms with E-state index in [4.69, 9.17) is 4.42 Å². The second-order valence-electron chi connectivity index (χ2n) is 8.02. The third kappa shape index (κ3) is 4.33. The molecule has 11 heteroatoms. The van der Waals surface area contributed by atoms with Crippen LogP contribution in [0.15, 0.2) is 58.0 Å². The Balaban J connectivity index is 1.24. The van der Waals surface area contributed by atoms with E-state index in [9.17, 15) is 13.2 Å². The molecule has 0 aliphatic carbocycles. The van der Waals surface area contributed by atoms with Crippen LogP contribution in [0.3, 0.4) is 0 Å². The average Bonchev–Trinajstić information content (AvgIpc) is 3.58. The maximum Gasteiger partial charge on any atom is 0.311 e. The predicted octanol–water partition coefficient (Wildman–Crippen LogP) is 1.88. The number of hydrogen-bond donors (Lipinski definition) is 0. The Bertz CT molecular complexity index is 1220. The first kappa shape index (κ1) is 21.5. The van der Waals surface area contributed by atoms with Gasteiger partial charge < -0.3 is 14.2 Å². The second-order valence-corrected chi connectivity index (χ2v) is 9.95. The molecular formula is C22H24N6O4S. The maximum absolute atomic E-state index is 12.8. The number of carbonyl (C=O) groups excluding carboxylic acids is 1. The van der Waals surface area contributed by atoms with Crippen LogP contribution >= 0.6 is 0 Å². The van der Waals surface area contributed by atoms with E-state index >= 15 is 0 Å². The molecule has 0 saturated carbocycles. The van der Waals surface area contributed by atoms with Crippen LogP contribution in [0.4, 0.5) is 5.82 Å². The number of rotatable bonds is 5. The molecule has 4 heterocycles. The normalized spacial score (nSPS) is 17.5. The van der Waals surface area contributed by atoms with Gasteiger partial charge >= 0.3 is 11.8 Å². The van der Waals surface area contributed by atoms with E-state index in [1.807, 2.05) is 18.2 Å². The Morgan fingerprint density at radius 1 is 0.879 bits per heavy atom. The largest absolute Gasteiger partial charge is 0.412 e. The SMILES string of the molecule is O=C(c1nnc(-c2ccc(S(=O)(=O)N3CCCC3)cc2)o1)N1CCN(c2ccccn2)CC1. The smallest absolute Gasteiger partial charge is 0.311 e. The number of piperazine rings is 1. The van der Waals surface area contributed by atoms with E-state index in [0.717, 1.165) is 18.7 Å². The van der Waals surface area contributed by atoms with Gasteiger partial charge in [0.15, 0.2) is 0 Å². The summed E-state index contributed by atoms with van der Waals surface area (Å²) in [6, 6.07) is 12.1. The zero-order valence-corrected chi connectivity index (χ0v) is 18.8. The Morgan fingerprint density at radius 2 is 1.61 bits per heavy atom. The molecule has 2 aliphatic heterocycles. The summed E-state index contributed by atoms with van der Waals surface area (Å²) in [6.07, 6.45) is 3.52. The molecule has 172 valence electrons. The van der Waals surface area contributed by atoms with Crippen molar-refractivity contribution in [2.24, 2.45) is 0 Å². The molecule has 3 aromatic rings. The third-order valence-corrected chi connectivity index (χ3v) is 7.87. The van der Waals surface area contributed by atoms with E-state index < -0.39 is 10.0 Å². The molecule has 0 N–H and O–H groups in total. The Morgan fingerprint density at radius 3 is 2.27 bits per heavy atom. The van der Waals surface area contributed by atoms with Gasteiger partial charge in [-0.1, -0.05) is 6.07 Å². The summed E-state index contributed by atoms with van der Waals surface area (Å²) in [5.74, 6) is 0.670. The maximum atomic E-state index is 12.8. The minimum Gasteiger partial charge on any atom is -0.412 e. The molecule has 0 spiro atoms. The van der Waals surface area contributed by atoms with Gasteiger partial charge in [-0.2, -0.15) is 4.31 Å². The topological polar surface area (TPSA) is 113 Å². The van der Waals surface area contributed by atoms with Crippen molar-refractivity contribution in [3.63, 3.8) is 0 Å². The number of anilines is 1. The van der Waals surface area contributed by atoms with Crippen molar-refractivity contribution < 1.29 is 17.6 Å². The number of nitrogens with zero attached hydrogens (tertiary/aromatic N) is 6. The number of aromatic nitrogens is 3. The minimum absolute atomic E-state index is 0.0787. The molecule has 33 heavy (non-hydrogen) atoms. The van der Waals surface area contributed by atoms with E-state index in [1.165, 1.54) is 16.4 Å². The molecular weight excluding hydrogens is 444 g/mol. The van der Waals surface area contributed by atoms with E-state index in [2.05, 4.69) is 20.1 Å². The third-order valence-electron chi connectivity index (χ3n) is 5.95. The highest BCUT2D eigenvalue weighted by Crippen LogP contribution is 2.25. The summed E-state index contributed by atoms with van der Waals surface area (Å²) in [7, 11) is -3.49. The second kappa shape index (κ2) is 8.91. The molecule has 0 bridgehead atoms. The van der Waals surface area contributed by atoms with Crippen molar-refractivity contribution in [3.05, 3.63) is 54.6 Å². The molecule has 0 radical (unpaired) electrons. The van der Waals surface area contributed by atoms with Gasteiger partial charge in [-0.05, 0) is 49.2 Å². The zero-order valence-electron chi connectivity index (χ0n) is 18.0. The van der Waals surface area contributed by atoms with Crippen LogP contribution in [-0.4, -0.2) is 78.0 Å². The Hall–Kier alpha value is -3.31. The molecule has 0 atom stereocenters. The Kier molecular flexibility index (Phi) is 5.81. The lowest BCUT2D eigenvalue weighted by molar-refractivity contribution is 0.0707. The van der Waals surface area contributed by atoms with Gasteiger partial charge in [0.2, 0.25) is 15.9 Å². The molecule has 2 aliphatic rings. The predicted molar refractivity (Wildman–Crippen MR) is 120 cm³/mol. The lowest BCUT2D eigenvalue weighted by Gasteiger charge is -2.34. The van der Waals surface area contributed by atoms with E-state index in [1.54, 1.807) is 23.2 Å². The molecule has 1 amide bonds. The average molecular weight is 469 g/mol. The number of hydrogen-bond acceptors (Lipinski definition) is 8. The van der Waals surface area contributed by atoms with Gasteiger partial charge in [0.05, 0.1) is 4.90 Å². The zero-order chi connectivity index (χ0) is 22.8. The first-order valence-electron chi connectivity index (χ1n) is 10.9. The van der Waals surface area contributed by atoms with Crippen molar-refractivity contribution in [2.45, 2.75) is 17.7 Å². The molecule has 2 saturated heterocycles. The van der Waals surface area contributed by atoms with Gasteiger partial charge in [0.25, 0.3) is 0 Å². The summed E-state index contributed by atoms with van der Waals surface area (Å²) < 4.78 is 32.5. The summed E-state index contributed by atoms with van der Waals surface area (Å²) in [5, 5.41) is 7.91. The van der Waals surface area contributed by atoms with Crippen LogP contribution in [0.25, 0.3) is 11.5 Å². The monoisotopic (exact) mass is 468 g/mol. The van der Waals surface area contributed by atoms with Crippen molar-refractivity contribution in [1.82, 2.24) is 24.4 Å². The molecule has 0 unspecified atom stereocenters. The summed E-state index contributed by atoms with van der Waals surface area (Å²) in [6.45, 7) is 3.48. The molecule has 5 rings (SSSR count). The van der Waals surface area contributed by atoms with Crippen molar-refractivity contribution in [1.29, 1.82) is 0 Å². The minimum atomic E-state index is -3.49. The van der Waals surface area contributed by atoms with Crippen LogP contribution in [-0.2, 0) is 10.0 Å². The van der Waals surface area contributed by atoms with Gasteiger partial charge in [0.1, 0.15) is 5.82 Å². The van der Waals surface area contributed by atoms with Crippen molar-refractivity contribution >= 4 is 21.7 Å². The molecule has 10 nitrogen and oxygen atoms in total. The summed E-state index contributed by atoms with van der Waals surface area (Å²) in [5.41, 5.74) is 0.557. The number of sulfonamides is 1. The highest BCUT2D eigenvalue weighted by molar-refractivity contribution is 7.89. The summed E-state index contributed by atoms with van der Waals surface area (Å²) in [4.78, 5) is 21.2. The number of amides is 1. The van der Waals surface area contributed by atoms with Crippen LogP contribution < -0.4 is 4.90 Å². The number of carbonyl (C=O) groups is 1. The van der Waals surface area contributed by atoms with Crippen LogP contribution in [0.5, 0.6) is 0 Å². The van der Waals surface area contributed by atoms with Crippen LogP contribution in [0.2, 0.25) is 0 Å². The highest BCUT2D eigenvalue weighted by atomic mass is 32.2. The lowest BCUT2D eigenvalue weighted by atomic mass is 10.2. The van der Waals surface area contributed by atoms with Crippen LogP contribution in [0.1, 0.15) is 23.5 Å². The quantitative estimate of drug-likeness (QED) is 0.558. The first-order valence-corrected chi connectivity index (χ1v) is 12.4. The fourth-order valence-corrected chi connectivity index (χ4v) is 5.61. The van der Waals surface area contributed by atoms with Gasteiger partial charge in [-0.15, -0.1) is 10.2 Å². The lowest BCUT2D eigenvalue weighted by Crippen LogP contribution is -2.49. The van der Waals surface area contributed by atoms with E-state index in [0.29, 0.717) is 44.8 Å². The Labute approximate surface area is 191 Å². The van der Waals surface area contributed by atoms with Gasteiger partial charge in [-0.25, -0.2) is 13.4 Å². The highest BCUT2D eigenvalue weighted by Gasteiger charge is 2.28. The fraction of sp³-hybridized carbons (Fsp3) is 0.364. The van der Waals surface area contributed by atoms with E-state index in [-0.39, 0.29) is 22.6 Å².